The van der Waals surface area contributed by atoms with Gasteiger partial charge in [0.1, 0.15) is 5.75 Å². The molecule has 2 aromatic carbocycles. The van der Waals surface area contributed by atoms with Crippen molar-refractivity contribution in [3.8, 4) is 5.75 Å². The van der Waals surface area contributed by atoms with Crippen LogP contribution in [0.2, 0.25) is 5.02 Å². The summed E-state index contributed by atoms with van der Waals surface area (Å²) in [6.45, 7) is 1.10. The van der Waals surface area contributed by atoms with Gasteiger partial charge in [-0.15, -0.1) is 0 Å². The molecule has 0 radical (unpaired) electrons. The number of benzene rings is 2. The molecule has 0 bridgehead atoms. The molecule has 1 saturated carbocycles. The second-order valence-electron chi connectivity index (χ2n) is 6.16. The summed E-state index contributed by atoms with van der Waals surface area (Å²) in [5.41, 5.74) is 1.80. The fourth-order valence-corrected chi connectivity index (χ4v) is 3.40. The summed E-state index contributed by atoms with van der Waals surface area (Å²) < 4.78 is 6.07. The van der Waals surface area contributed by atoms with Gasteiger partial charge in [0.25, 0.3) is 0 Å². The zero-order chi connectivity index (χ0) is 17.8. The lowest BCUT2D eigenvalue weighted by Crippen LogP contribution is -2.34. The molecule has 0 atom stereocenters. The minimum Gasteiger partial charge on any atom is -0.497 e. The Labute approximate surface area is 161 Å². The van der Waals surface area contributed by atoms with Gasteiger partial charge in [-0.2, -0.15) is 0 Å². The van der Waals surface area contributed by atoms with E-state index in [0.29, 0.717) is 23.3 Å². The van der Waals surface area contributed by atoms with E-state index in [9.17, 15) is 4.79 Å². The lowest BCUT2D eigenvalue weighted by Gasteiger charge is -2.22. The Morgan fingerprint density at radius 2 is 2.00 bits per heavy atom. The number of hydrogen-bond acceptors (Lipinski definition) is 3. The molecule has 3 rings (SSSR count). The number of hydrogen-bond donors (Lipinski definition) is 1. The monoisotopic (exact) mass is 422 g/mol. The molecule has 132 valence electrons. The fraction of sp³-hybridized carbons (Fsp3) is 0.316. The molecule has 1 fully saturated rings. The summed E-state index contributed by atoms with van der Waals surface area (Å²) >= 11 is 9.54. The van der Waals surface area contributed by atoms with Crippen molar-refractivity contribution in [1.29, 1.82) is 0 Å². The third-order valence-electron chi connectivity index (χ3n) is 4.16. The Balaban J connectivity index is 1.62. The van der Waals surface area contributed by atoms with Gasteiger partial charge in [0.15, 0.2) is 0 Å². The average molecular weight is 424 g/mol. The Kier molecular flexibility index (Phi) is 5.99. The van der Waals surface area contributed by atoms with Crippen molar-refractivity contribution >= 4 is 39.1 Å². The Hall–Kier alpha value is -1.56. The van der Waals surface area contributed by atoms with Gasteiger partial charge in [0.2, 0.25) is 5.91 Å². The molecule has 0 unspecified atom stereocenters. The summed E-state index contributed by atoms with van der Waals surface area (Å²) in [4.78, 5) is 14.7. The molecule has 2 aromatic rings. The summed E-state index contributed by atoms with van der Waals surface area (Å²) in [6, 6.07) is 13.9. The molecule has 0 aromatic heterocycles. The molecule has 4 nitrogen and oxygen atoms in total. The number of nitrogens with zero attached hydrogens (tertiary/aromatic N) is 1. The van der Waals surface area contributed by atoms with Crippen molar-refractivity contribution in [3.63, 3.8) is 0 Å². The normalized spacial score (nSPS) is 13.8. The summed E-state index contributed by atoms with van der Waals surface area (Å²) in [5, 5.41) is 3.43. The van der Waals surface area contributed by atoms with Crippen molar-refractivity contribution in [2.75, 3.05) is 19.0 Å². The summed E-state index contributed by atoms with van der Waals surface area (Å²) in [7, 11) is 1.66. The van der Waals surface area contributed by atoms with Gasteiger partial charge in [-0.1, -0.05) is 39.7 Å². The van der Waals surface area contributed by atoms with Crippen LogP contribution in [0.5, 0.6) is 5.75 Å². The van der Waals surface area contributed by atoms with E-state index in [4.69, 9.17) is 16.3 Å². The van der Waals surface area contributed by atoms with Crippen LogP contribution in [-0.2, 0) is 11.3 Å². The molecule has 6 heteroatoms. The van der Waals surface area contributed by atoms with Crippen LogP contribution in [0, 0.1) is 0 Å². The van der Waals surface area contributed by atoms with E-state index in [-0.39, 0.29) is 5.91 Å². The number of nitrogens with one attached hydrogen (secondary N) is 1. The Morgan fingerprint density at radius 1 is 1.28 bits per heavy atom. The van der Waals surface area contributed by atoms with Gasteiger partial charge in [0.05, 0.1) is 24.4 Å². The minimum atomic E-state index is -0.0513. The van der Waals surface area contributed by atoms with Gasteiger partial charge in [-0.05, 0) is 48.7 Å². The highest BCUT2D eigenvalue weighted by Gasteiger charge is 2.30. The number of rotatable bonds is 7. The second-order valence-corrected chi connectivity index (χ2v) is 7.48. The van der Waals surface area contributed by atoms with Crippen LogP contribution in [0.3, 0.4) is 0 Å². The average Bonchev–Trinajstić information content (AvgIpc) is 3.42. The maximum absolute atomic E-state index is 12.4. The highest BCUT2D eigenvalue weighted by molar-refractivity contribution is 9.10. The molecule has 1 N–H and O–H groups in total. The first-order chi connectivity index (χ1) is 12.0. The predicted molar refractivity (Wildman–Crippen MR) is 104 cm³/mol. The highest BCUT2D eigenvalue weighted by Crippen LogP contribution is 2.29. The first-order valence-corrected chi connectivity index (χ1v) is 9.34. The molecular formula is C19H20BrClN2O2. The van der Waals surface area contributed by atoms with Crippen molar-refractivity contribution in [2.24, 2.45) is 0 Å². The van der Waals surface area contributed by atoms with Crippen LogP contribution >= 0.6 is 27.5 Å². The molecular weight excluding hydrogens is 404 g/mol. The third kappa shape index (κ3) is 5.21. The van der Waals surface area contributed by atoms with Gasteiger partial charge in [-0.25, -0.2) is 0 Å². The number of anilines is 1. The Bertz CT molecular complexity index is 748. The van der Waals surface area contributed by atoms with E-state index in [1.165, 1.54) is 5.56 Å². The largest absolute Gasteiger partial charge is 0.497 e. The SMILES string of the molecule is COc1ccc(CN(CC(=O)Nc2ccc(Br)cc2Cl)C2CC2)cc1. The van der Waals surface area contributed by atoms with E-state index in [2.05, 4.69) is 26.1 Å². The van der Waals surface area contributed by atoms with Gasteiger partial charge >= 0.3 is 0 Å². The van der Waals surface area contributed by atoms with Crippen molar-refractivity contribution in [2.45, 2.75) is 25.4 Å². The summed E-state index contributed by atoms with van der Waals surface area (Å²) in [6.07, 6.45) is 2.28. The van der Waals surface area contributed by atoms with Crippen molar-refractivity contribution in [1.82, 2.24) is 4.90 Å². The topological polar surface area (TPSA) is 41.6 Å². The first kappa shape index (κ1) is 18.2. The number of carbonyl (C=O) groups is 1. The van der Waals surface area contributed by atoms with Crippen LogP contribution in [0.25, 0.3) is 0 Å². The third-order valence-corrected chi connectivity index (χ3v) is 4.97. The van der Waals surface area contributed by atoms with E-state index >= 15 is 0 Å². The highest BCUT2D eigenvalue weighted by atomic mass is 79.9. The van der Waals surface area contributed by atoms with Gasteiger partial charge in [-0.3, -0.25) is 9.69 Å². The molecule has 0 heterocycles. The second kappa shape index (κ2) is 8.21. The molecule has 1 aliphatic carbocycles. The van der Waals surface area contributed by atoms with Crippen LogP contribution in [0.4, 0.5) is 5.69 Å². The minimum absolute atomic E-state index is 0.0513. The number of carbonyl (C=O) groups excluding carboxylic acids is 1. The molecule has 1 amide bonds. The number of ether oxygens (including phenoxy) is 1. The molecule has 1 aliphatic rings. The van der Waals surface area contributed by atoms with E-state index in [0.717, 1.165) is 29.6 Å². The molecule has 0 aliphatic heterocycles. The zero-order valence-electron chi connectivity index (χ0n) is 14.0. The maximum Gasteiger partial charge on any atom is 0.238 e. The number of amides is 1. The lowest BCUT2D eigenvalue weighted by atomic mass is 10.2. The van der Waals surface area contributed by atoms with Crippen molar-refractivity contribution < 1.29 is 9.53 Å². The predicted octanol–water partition coefficient (Wildman–Crippen LogP) is 4.71. The van der Waals surface area contributed by atoms with E-state index < -0.39 is 0 Å². The first-order valence-electron chi connectivity index (χ1n) is 8.17. The van der Waals surface area contributed by atoms with Crippen LogP contribution in [0.15, 0.2) is 46.9 Å². The molecule has 25 heavy (non-hydrogen) atoms. The number of methoxy groups -OCH3 is 1. The zero-order valence-corrected chi connectivity index (χ0v) is 16.3. The van der Waals surface area contributed by atoms with Crippen LogP contribution in [-0.4, -0.2) is 30.5 Å². The van der Waals surface area contributed by atoms with Crippen LogP contribution in [0.1, 0.15) is 18.4 Å². The lowest BCUT2D eigenvalue weighted by molar-refractivity contribution is -0.117. The quantitative estimate of drug-likeness (QED) is 0.701. The van der Waals surface area contributed by atoms with Crippen molar-refractivity contribution in [3.05, 3.63) is 57.5 Å². The van der Waals surface area contributed by atoms with Gasteiger partial charge < -0.3 is 10.1 Å². The Morgan fingerprint density at radius 3 is 2.60 bits per heavy atom. The molecule has 0 spiro atoms. The van der Waals surface area contributed by atoms with E-state index in [1.807, 2.05) is 30.3 Å². The van der Waals surface area contributed by atoms with E-state index in [1.54, 1.807) is 19.2 Å². The fourth-order valence-electron chi connectivity index (χ4n) is 2.68. The summed E-state index contributed by atoms with van der Waals surface area (Å²) in [5.74, 6) is 0.786. The smallest absolute Gasteiger partial charge is 0.238 e. The maximum atomic E-state index is 12.4. The molecule has 0 saturated heterocycles. The standard InChI is InChI=1S/C19H20BrClN2O2/c1-25-16-7-2-13(3-8-16)11-23(15-5-6-15)12-19(24)22-18-9-4-14(20)10-17(18)21/h2-4,7-10,15H,5-6,11-12H2,1H3,(H,22,24). The number of halogens is 2. The van der Waals surface area contributed by atoms with Gasteiger partial charge in [0, 0.05) is 17.1 Å². The van der Waals surface area contributed by atoms with Crippen LogP contribution < -0.4 is 10.1 Å².